The van der Waals surface area contributed by atoms with Crippen molar-refractivity contribution in [3.63, 3.8) is 0 Å². The first-order valence-electron chi connectivity index (χ1n) is 2.62. The summed E-state index contributed by atoms with van der Waals surface area (Å²) in [6.45, 7) is 4.74. The van der Waals surface area contributed by atoms with Crippen LogP contribution in [-0.2, 0) is 0 Å². The summed E-state index contributed by atoms with van der Waals surface area (Å²) in [5.41, 5.74) is 0. The Labute approximate surface area is 61.4 Å². The highest BCUT2D eigenvalue weighted by molar-refractivity contribution is 14.1. The molecule has 0 aliphatic rings. The van der Waals surface area contributed by atoms with Crippen molar-refractivity contribution in [2.45, 2.75) is 25.6 Å². The summed E-state index contributed by atoms with van der Waals surface area (Å²) in [6, 6.07) is 1.49. The van der Waals surface area contributed by atoms with Crippen molar-refractivity contribution in [1.29, 1.82) is 0 Å². The smallest absolute Gasteiger partial charge is 0.0413 e. The number of hydrogen-bond donors (Lipinski definition) is 0. The molecule has 0 heterocycles. The van der Waals surface area contributed by atoms with Gasteiger partial charge >= 0.3 is 0 Å². The molecule has 0 N–H and O–H groups in total. The Bertz CT molecular complexity index is 37.1. The first-order chi connectivity index (χ1) is 3.27. The van der Waals surface area contributed by atoms with E-state index in [4.69, 9.17) is 0 Å². The van der Waals surface area contributed by atoms with Crippen LogP contribution in [0.2, 0.25) is 19.1 Å². The second-order valence-electron chi connectivity index (χ2n) is 2.00. The quantitative estimate of drug-likeness (QED) is 0.395. The lowest BCUT2D eigenvalue weighted by Crippen LogP contribution is -1.97. The molecule has 0 rings (SSSR count). The SMILES string of the molecule is C[Si](C)CCCI. The summed E-state index contributed by atoms with van der Waals surface area (Å²) in [7, 11) is 0.0979. The third-order valence-corrected chi connectivity index (χ3v) is 2.93. The standard InChI is InChI=1S/C5H12ISi/c1-7(2)5-3-4-6/h3-5H2,1-2H3. The zero-order valence-electron chi connectivity index (χ0n) is 5.00. The maximum absolute atomic E-state index is 2.44. The van der Waals surface area contributed by atoms with Crippen molar-refractivity contribution in [1.82, 2.24) is 0 Å². The van der Waals surface area contributed by atoms with Gasteiger partial charge in [-0.15, -0.1) is 0 Å². The molecule has 0 aromatic rings. The van der Waals surface area contributed by atoms with Gasteiger partial charge in [0.1, 0.15) is 0 Å². The van der Waals surface area contributed by atoms with Crippen LogP contribution in [-0.4, -0.2) is 13.2 Å². The van der Waals surface area contributed by atoms with Gasteiger partial charge in [-0.1, -0.05) is 41.7 Å². The lowest BCUT2D eigenvalue weighted by molar-refractivity contribution is 1.10. The van der Waals surface area contributed by atoms with Gasteiger partial charge in [-0.3, -0.25) is 0 Å². The molecule has 0 unspecified atom stereocenters. The topological polar surface area (TPSA) is 0 Å². The van der Waals surface area contributed by atoms with Gasteiger partial charge < -0.3 is 0 Å². The molecule has 0 aromatic heterocycles. The van der Waals surface area contributed by atoms with E-state index in [-0.39, 0.29) is 8.80 Å². The Balaban J connectivity index is 2.68. The van der Waals surface area contributed by atoms with E-state index >= 15 is 0 Å². The summed E-state index contributed by atoms with van der Waals surface area (Å²) in [4.78, 5) is 0. The molecule has 43 valence electrons. The van der Waals surface area contributed by atoms with Crippen molar-refractivity contribution in [3.8, 4) is 0 Å². The van der Waals surface area contributed by atoms with Crippen LogP contribution >= 0.6 is 22.6 Å². The van der Waals surface area contributed by atoms with Crippen molar-refractivity contribution in [3.05, 3.63) is 0 Å². The molecule has 0 atom stereocenters. The average molecular weight is 227 g/mol. The first kappa shape index (κ1) is 7.95. The minimum Gasteiger partial charge on any atom is -0.0864 e. The molecule has 7 heavy (non-hydrogen) atoms. The van der Waals surface area contributed by atoms with Crippen molar-refractivity contribution in [2.75, 3.05) is 4.43 Å². The Kier molecular flexibility index (Phi) is 5.78. The maximum atomic E-state index is 2.44. The van der Waals surface area contributed by atoms with Crippen LogP contribution in [0.1, 0.15) is 6.42 Å². The second kappa shape index (κ2) is 5.09. The molecule has 2 heteroatoms. The summed E-state index contributed by atoms with van der Waals surface area (Å²) in [5, 5.41) is 0. The highest BCUT2D eigenvalue weighted by Crippen LogP contribution is 1.98. The Hall–Kier alpha value is 0.947. The van der Waals surface area contributed by atoms with Gasteiger partial charge in [-0.25, -0.2) is 0 Å². The molecule has 1 radical (unpaired) electrons. The second-order valence-corrected chi connectivity index (χ2v) is 5.99. The molecular formula is C5H12ISi. The molecular weight excluding hydrogens is 215 g/mol. The van der Waals surface area contributed by atoms with Crippen molar-refractivity contribution < 1.29 is 0 Å². The third kappa shape index (κ3) is 6.95. The van der Waals surface area contributed by atoms with Crippen molar-refractivity contribution in [2.24, 2.45) is 0 Å². The largest absolute Gasteiger partial charge is 0.0864 e. The van der Waals surface area contributed by atoms with Gasteiger partial charge in [-0.2, -0.15) is 0 Å². The summed E-state index contributed by atoms with van der Waals surface area (Å²) < 4.78 is 1.34. The molecule has 0 saturated carbocycles. The molecule has 0 bridgehead atoms. The van der Waals surface area contributed by atoms with E-state index < -0.39 is 0 Å². The predicted octanol–water partition coefficient (Wildman–Crippen LogP) is 2.57. The molecule has 0 fully saturated rings. The monoisotopic (exact) mass is 227 g/mol. The molecule has 0 amide bonds. The Morgan fingerprint density at radius 2 is 2.00 bits per heavy atom. The van der Waals surface area contributed by atoms with Crippen LogP contribution in [0, 0.1) is 0 Å². The van der Waals surface area contributed by atoms with E-state index in [1.165, 1.54) is 16.9 Å². The van der Waals surface area contributed by atoms with E-state index in [1.54, 1.807) is 0 Å². The van der Waals surface area contributed by atoms with E-state index in [0.717, 1.165) is 0 Å². The molecule has 0 spiro atoms. The summed E-state index contributed by atoms with van der Waals surface area (Å²) >= 11 is 2.44. The molecule has 0 aromatic carbocycles. The van der Waals surface area contributed by atoms with E-state index in [1.807, 2.05) is 0 Å². The van der Waals surface area contributed by atoms with Crippen LogP contribution in [0.5, 0.6) is 0 Å². The Morgan fingerprint density at radius 1 is 1.43 bits per heavy atom. The van der Waals surface area contributed by atoms with Gasteiger partial charge in [-0.05, 0) is 10.8 Å². The molecule has 0 aliphatic heterocycles. The van der Waals surface area contributed by atoms with Crippen LogP contribution in [0.3, 0.4) is 0 Å². The highest BCUT2D eigenvalue weighted by Gasteiger charge is 1.91. The zero-order chi connectivity index (χ0) is 5.70. The van der Waals surface area contributed by atoms with Gasteiger partial charge in [0.25, 0.3) is 0 Å². The summed E-state index contributed by atoms with van der Waals surface area (Å²) in [5.74, 6) is 0. The number of rotatable bonds is 3. The number of halogens is 1. The normalized spacial score (nSPS) is 10.3. The molecule has 0 aliphatic carbocycles. The summed E-state index contributed by atoms with van der Waals surface area (Å²) in [6.07, 6.45) is 1.43. The maximum Gasteiger partial charge on any atom is 0.0413 e. The van der Waals surface area contributed by atoms with Crippen LogP contribution in [0.4, 0.5) is 0 Å². The van der Waals surface area contributed by atoms with Crippen LogP contribution in [0.25, 0.3) is 0 Å². The van der Waals surface area contributed by atoms with E-state index in [2.05, 4.69) is 35.7 Å². The van der Waals surface area contributed by atoms with Gasteiger partial charge in [0.15, 0.2) is 0 Å². The average Bonchev–Trinajstić information content (AvgIpc) is 1.61. The van der Waals surface area contributed by atoms with E-state index in [9.17, 15) is 0 Å². The predicted molar refractivity (Wildman–Crippen MR) is 45.8 cm³/mol. The minimum atomic E-state index is 0.0979. The van der Waals surface area contributed by atoms with Crippen molar-refractivity contribution >= 4 is 31.4 Å². The fourth-order valence-electron chi connectivity index (χ4n) is 0.420. The number of hydrogen-bond acceptors (Lipinski definition) is 0. The van der Waals surface area contributed by atoms with E-state index in [0.29, 0.717) is 0 Å². The third-order valence-electron chi connectivity index (χ3n) is 0.810. The van der Waals surface area contributed by atoms with Crippen LogP contribution < -0.4 is 0 Å². The van der Waals surface area contributed by atoms with Crippen LogP contribution in [0.15, 0.2) is 0 Å². The zero-order valence-corrected chi connectivity index (χ0v) is 8.16. The molecule has 0 saturated heterocycles. The molecule has 0 nitrogen and oxygen atoms in total. The lowest BCUT2D eigenvalue weighted by atomic mass is 10.6. The lowest BCUT2D eigenvalue weighted by Gasteiger charge is -1.96. The van der Waals surface area contributed by atoms with Gasteiger partial charge in [0.05, 0.1) is 0 Å². The number of alkyl halides is 1. The fraction of sp³-hybridized carbons (Fsp3) is 1.00. The highest BCUT2D eigenvalue weighted by atomic mass is 127. The minimum absolute atomic E-state index is 0.0979. The Morgan fingerprint density at radius 3 is 2.14 bits per heavy atom. The van der Waals surface area contributed by atoms with Gasteiger partial charge in [0, 0.05) is 8.80 Å². The van der Waals surface area contributed by atoms with Gasteiger partial charge in [0.2, 0.25) is 0 Å². The fourth-order valence-corrected chi connectivity index (χ4v) is 2.41. The first-order valence-corrected chi connectivity index (χ1v) is 6.85.